The smallest absolute Gasteiger partial charge is 0.259 e. The second kappa shape index (κ2) is 24.0. The largest absolute Gasteiger partial charge is 0.505 e. The first-order valence-electron chi connectivity index (χ1n) is 25.3. The summed E-state index contributed by atoms with van der Waals surface area (Å²) < 4.78 is 11.7. The van der Waals surface area contributed by atoms with Crippen molar-refractivity contribution in [3.8, 4) is 23.0 Å². The lowest BCUT2D eigenvalue weighted by molar-refractivity contribution is 0.101. The molecule has 0 saturated carbocycles. The maximum atomic E-state index is 14.4. The summed E-state index contributed by atoms with van der Waals surface area (Å²) in [6.45, 7) is 8.10. The molecule has 0 spiro atoms. The molecule has 78 heavy (non-hydrogen) atoms. The number of anilines is 4. The van der Waals surface area contributed by atoms with Crippen LogP contribution in [0.25, 0.3) is 21.5 Å². The van der Waals surface area contributed by atoms with Crippen molar-refractivity contribution in [1.82, 2.24) is 0 Å². The van der Waals surface area contributed by atoms with Crippen molar-refractivity contribution in [2.45, 2.75) is 40.5 Å². The number of carbonyl (C=O) groups excluding carboxylic acids is 4. The van der Waals surface area contributed by atoms with E-state index in [-0.39, 0.29) is 45.7 Å². The number of carbonyl (C=O) groups is 4. The van der Waals surface area contributed by atoms with Gasteiger partial charge in [-0.3, -0.25) is 19.2 Å². The van der Waals surface area contributed by atoms with E-state index in [2.05, 4.69) is 41.7 Å². The summed E-state index contributed by atoms with van der Waals surface area (Å²) in [5.41, 5.74) is 4.54. The number of amides is 4. The van der Waals surface area contributed by atoms with Gasteiger partial charge in [0.1, 0.15) is 34.2 Å². The lowest BCUT2D eigenvalue weighted by Gasteiger charge is -2.19. The van der Waals surface area contributed by atoms with Crippen molar-refractivity contribution in [3.63, 3.8) is 0 Å². The number of ether oxygens (including phenoxy) is 2. The Hall–Kier alpha value is -10.2. The molecule has 0 aliphatic carbocycles. The molecule has 9 aromatic carbocycles. The molecule has 16 nitrogen and oxygen atoms in total. The fourth-order valence-electron chi connectivity index (χ4n) is 8.98. The van der Waals surface area contributed by atoms with Crippen LogP contribution in [0, 0.1) is 0 Å². The maximum absolute atomic E-state index is 14.4. The van der Waals surface area contributed by atoms with Crippen LogP contribution in [0.15, 0.2) is 190 Å². The minimum absolute atomic E-state index is 0.0254. The number of hydrogen-bond donors (Lipinski definition) is 6. The molecule has 0 aliphatic heterocycles. The highest BCUT2D eigenvalue weighted by atomic mass is 16.5. The van der Waals surface area contributed by atoms with E-state index in [4.69, 9.17) is 9.47 Å². The van der Waals surface area contributed by atoms with Gasteiger partial charge in [0.15, 0.2) is 11.5 Å². The van der Waals surface area contributed by atoms with Crippen LogP contribution in [0.2, 0.25) is 0 Å². The van der Waals surface area contributed by atoms with Crippen LogP contribution in [-0.2, 0) is 12.8 Å². The van der Waals surface area contributed by atoms with Gasteiger partial charge >= 0.3 is 0 Å². The van der Waals surface area contributed by atoms with Crippen molar-refractivity contribution in [2.75, 3.05) is 34.5 Å². The summed E-state index contributed by atoms with van der Waals surface area (Å²) in [6, 6.07) is 48.4. The first-order valence-corrected chi connectivity index (χ1v) is 25.3. The normalized spacial score (nSPS) is 11.2. The second-order valence-corrected chi connectivity index (χ2v) is 17.7. The zero-order valence-electron chi connectivity index (χ0n) is 43.1. The highest BCUT2D eigenvalue weighted by Crippen LogP contribution is 2.43. The number of hydrogen-bond acceptors (Lipinski definition) is 12. The minimum atomic E-state index is -0.629. The monoisotopic (exact) mass is 1040 g/mol. The Kier molecular flexibility index (Phi) is 16.2. The van der Waals surface area contributed by atoms with Gasteiger partial charge in [-0.25, -0.2) is 0 Å². The summed E-state index contributed by atoms with van der Waals surface area (Å²) >= 11 is 0. The summed E-state index contributed by atoms with van der Waals surface area (Å²) in [7, 11) is 0. The van der Waals surface area contributed by atoms with E-state index in [0.717, 1.165) is 11.1 Å². The van der Waals surface area contributed by atoms with Crippen LogP contribution in [0.3, 0.4) is 0 Å². The summed E-state index contributed by atoms with van der Waals surface area (Å²) in [5.74, 6) is -2.13. The van der Waals surface area contributed by atoms with E-state index >= 15 is 0 Å². The minimum Gasteiger partial charge on any atom is -0.505 e. The van der Waals surface area contributed by atoms with E-state index in [1.165, 1.54) is 0 Å². The van der Waals surface area contributed by atoms with Crippen molar-refractivity contribution >= 4 is 90.7 Å². The fourth-order valence-corrected chi connectivity index (χ4v) is 8.98. The van der Waals surface area contributed by atoms with E-state index in [9.17, 15) is 29.4 Å². The van der Waals surface area contributed by atoms with Crippen molar-refractivity contribution in [2.24, 2.45) is 20.5 Å². The number of nitrogens with zero attached hydrogens (tertiary/aromatic N) is 4. The van der Waals surface area contributed by atoms with E-state index in [1.807, 2.05) is 64.1 Å². The number of rotatable bonds is 18. The molecule has 0 aromatic heterocycles. The zero-order chi connectivity index (χ0) is 54.7. The van der Waals surface area contributed by atoms with Crippen molar-refractivity contribution in [3.05, 3.63) is 203 Å². The average molecular weight is 1040 g/mol. The molecule has 16 heteroatoms. The molecule has 6 N–H and O–H groups in total. The van der Waals surface area contributed by atoms with Gasteiger partial charge in [0.2, 0.25) is 0 Å². The number of nitrogens with one attached hydrogen (secondary N) is 4. The van der Waals surface area contributed by atoms with Crippen LogP contribution in [-0.4, -0.2) is 47.1 Å². The van der Waals surface area contributed by atoms with E-state index in [1.54, 1.807) is 133 Å². The second-order valence-electron chi connectivity index (χ2n) is 17.7. The van der Waals surface area contributed by atoms with Gasteiger partial charge in [-0.1, -0.05) is 98.8 Å². The first kappa shape index (κ1) is 52.6. The van der Waals surface area contributed by atoms with Gasteiger partial charge in [0.05, 0.1) is 24.3 Å². The predicted molar refractivity (Wildman–Crippen MR) is 305 cm³/mol. The van der Waals surface area contributed by atoms with Crippen molar-refractivity contribution in [1.29, 1.82) is 0 Å². The molecule has 390 valence electrons. The van der Waals surface area contributed by atoms with Gasteiger partial charge < -0.3 is 41.0 Å². The Morgan fingerprint density at radius 2 is 0.808 bits per heavy atom. The van der Waals surface area contributed by atoms with Gasteiger partial charge in [-0.15, -0.1) is 20.5 Å². The molecular weight excluding hydrogens is 985 g/mol. The molecule has 0 bridgehead atoms. The first-order chi connectivity index (χ1) is 38.0. The summed E-state index contributed by atoms with van der Waals surface area (Å²) in [4.78, 5) is 55.3. The van der Waals surface area contributed by atoms with E-state index in [0.29, 0.717) is 93.0 Å². The van der Waals surface area contributed by atoms with Crippen LogP contribution >= 0.6 is 0 Å². The number of para-hydroxylation sites is 2. The number of phenolic OH excluding ortho intramolecular Hbond substituents is 2. The molecule has 0 atom stereocenters. The Labute approximate surface area is 449 Å². The Morgan fingerprint density at radius 3 is 1.19 bits per heavy atom. The van der Waals surface area contributed by atoms with Crippen LogP contribution in [0.5, 0.6) is 23.0 Å². The molecule has 0 unspecified atom stereocenters. The maximum Gasteiger partial charge on any atom is 0.259 e. The van der Waals surface area contributed by atoms with Crippen LogP contribution < -0.4 is 30.7 Å². The van der Waals surface area contributed by atoms with Gasteiger partial charge in [-0.2, -0.15) is 0 Å². The molecule has 4 amide bonds. The number of fused-ring (bicyclic) bond motifs is 2. The zero-order valence-corrected chi connectivity index (χ0v) is 43.1. The third-order valence-electron chi connectivity index (χ3n) is 12.7. The number of benzene rings is 9. The summed E-state index contributed by atoms with van der Waals surface area (Å²) in [5, 5.41) is 55.6. The Morgan fingerprint density at radius 1 is 0.423 bits per heavy atom. The lowest BCUT2D eigenvalue weighted by Crippen LogP contribution is -2.17. The van der Waals surface area contributed by atoms with Gasteiger partial charge in [-0.05, 0) is 134 Å². The van der Waals surface area contributed by atoms with Crippen molar-refractivity contribution < 1.29 is 38.9 Å². The SMILES string of the molecule is CCOc1ccc(C(=O)Nc2ccccc2)cc1N=Nc1c(O)c(C(=O)Nc2ccc(NC(=O)c3cc4ccccc4c(N=Nc4cc(C(=O)Nc5ccccc5)ccc4OCC)c3O)c(CC)c2CC)cc2ccccc12. The average Bonchev–Trinajstić information content (AvgIpc) is 3.51. The third kappa shape index (κ3) is 11.5. The van der Waals surface area contributed by atoms with Crippen LogP contribution in [0.1, 0.15) is 80.3 Å². The molecule has 0 aliphatic rings. The highest BCUT2D eigenvalue weighted by Gasteiger charge is 2.24. The molecular formula is C62H54N8O8. The number of azo groups is 2. The quantitative estimate of drug-likeness (QED) is 0.0452. The van der Waals surface area contributed by atoms with Gasteiger partial charge in [0, 0.05) is 44.6 Å². The number of phenols is 2. The predicted octanol–water partition coefficient (Wildman–Crippen LogP) is 15.2. The summed E-state index contributed by atoms with van der Waals surface area (Å²) in [6.07, 6.45) is 0.891. The van der Waals surface area contributed by atoms with Gasteiger partial charge in [0.25, 0.3) is 23.6 Å². The fraction of sp³-hybridized carbons (Fsp3) is 0.129. The molecule has 0 saturated heterocycles. The Balaban J connectivity index is 0.992. The molecule has 0 heterocycles. The number of aromatic hydroxyl groups is 2. The Bertz CT molecular complexity index is 3560. The topological polar surface area (TPSA) is 225 Å². The molecule has 0 radical (unpaired) electrons. The molecule has 9 aromatic rings. The highest BCUT2D eigenvalue weighted by molar-refractivity contribution is 6.14. The molecule has 0 fully saturated rings. The lowest BCUT2D eigenvalue weighted by atomic mass is 9.97. The van der Waals surface area contributed by atoms with E-state index < -0.39 is 23.3 Å². The van der Waals surface area contributed by atoms with Crippen LogP contribution in [0.4, 0.5) is 45.5 Å². The third-order valence-corrected chi connectivity index (χ3v) is 12.7. The standard InChI is InChI=1S/C62H54N8O8/c1-5-43-44(6-2)50(66-62(76)48-34-38-20-16-18-26-46(38)56(58(48)72)70-68-52-36-40(28-32-54(52)78-8-4)60(74)64-42-23-13-10-14-24-42)30-29-49(43)65-61(75)47-33-37-19-15-17-25-45(37)55(57(47)71)69-67-51-35-39(27-31-53(51)77-7-3)59(73)63-41-21-11-9-12-22-41/h9-36,71-72H,5-8H2,1-4H3,(H,63,73)(H,64,74)(H,65,75)(H,66,76). The molecule has 9 rings (SSSR count).